The Hall–Kier alpha value is -1.10. The molecule has 0 amide bonds. The minimum atomic E-state index is -0.553. The van der Waals surface area contributed by atoms with Crippen molar-refractivity contribution < 1.29 is 14.6 Å². The minimum absolute atomic E-state index is 0.115. The first-order chi connectivity index (χ1) is 6.16. The Morgan fingerprint density at radius 2 is 2.46 bits per heavy atom. The van der Waals surface area contributed by atoms with Gasteiger partial charge in [0.15, 0.2) is 5.75 Å². The van der Waals surface area contributed by atoms with Gasteiger partial charge in [-0.2, -0.15) is 0 Å². The Labute approximate surface area is 83.7 Å². The average molecular weight is 246 g/mol. The summed E-state index contributed by atoms with van der Waals surface area (Å²) in [7, 11) is 0. The van der Waals surface area contributed by atoms with Gasteiger partial charge in [-0.15, -0.1) is 0 Å². The van der Waals surface area contributed by atoms with Crippen molar-refractivity contribution in [3.8, 4) is 5.75 Å². The molecule has 1 rings (SSSR count). The Kier molecular flexibility index (Phi) is 3.25. The molecule has 0 atom stereocenters. The van der Waals surface area contributed by atoms with Gasteiger partial charge in [0.2, 0.25) is 0 Å². The summed E-state index contributed by atoms with van der Waals surface area (Å²) in [5.41, 5.74) is 0.115. The molecule has 5 heteroatoms. The second kappa shape index (κ2) is 4.23. The van der Waals surface area contributed by atoms with Crippen LogP contribution in [0, 0.1) is 0 Å². The van der Waals surface area contributed by atoms with E-state index in [9.17, 15) is 9.90 Å². The van der Waals surface area contributed by atoms with Gasteiger partial charge in [-0.1, -0.05) is 0 Å². The normalized spacial score (nSPS) is 9.69. The van der Waals surface area contributed by atoms with E-state index in [1.165, 1.54) is 12.3 Å². The predicted molar refractivity (Wildman–Crippen MR) is 49.6 cm³/mol. The fourth-order valence-electron chi connectivity index (χ4n) is 0.802. The molecule has 0 unspecified atom stereocenters. The summed E-state index contributed by atoms with van der Waals surface area (Å²) in [5.74, 6) is -0.746. The van der Waals surface area contributed by atoms with E-state index in [2.05, 4.69) is 20.9 Å². The highest BCUT2D eigenvalue weighted by molar-refractivity contribution is 9.10. The number of rotatable bonds is 2. The SMILES string of the molecule is CCOC(=O)c1ccnc(Br)c1O. The van der Waals surface area contributed by atoms with Crippen molar-refractivity contribution in [1.82, 2.24) is 4.98 Å². The molecule has 0 aromatic carbocycles. The van der Waals surface area contributed by atoms with Crippen LogP contribution in [-0.2, 0) is 4.74 Å². The van der Waals surface area contributed by atoms with Crippen molar-refractivity contribution in [2.75, 3.05) is 6.61 Å². The maximum atomic E-state index is 11.2. The number of aromatic nitrogens is 1. The molecular weight excluding hydrogens is 238 g/mol. The summed E-state index contributed by atoms with van der Waals surface area (Å²) in [6.45, 7) is 1.98. The molecule has 1 aromatic heterocycles. The van der Waals surface area contributed by atoms with Crippen molar-refractivity contribution in [2.24, 2.45) is 0 Å². The van der Waals surface area contributed by atoms with Crippen molar-refractivity contribution in [3.05, 3.63) is 22.4 Å². The van der Waals surface area contributed by atoms with Crippen molar-refractivity contribution in [3.63, 3.8) is 0 Å². The highest BCUT2D eigenvalue weighted by Crippen LogP contribution is 2.25. The van der Waals surface area contributed by atoms with E-state index in [0.29, 0.717) is 0 Å². The minimum Gasteiger partial charge on any atom is -0.504 e. The molecule has 70 valence electrons. The van der Waals surface area contributed by atoms with E-state index in [4.69, 9.17) is 4.74 Å². The molecule has 0 saturated heterocycles. The van der Waals surface area contributed by atoms with E-state index < -0.39 is 5.97 Å². The van der Waals surface area contributed by atoms with Gasteiger partial charge in [-0.25, -0.2) is 9.78 Å². The van der Waals surface area contributed by atoms with Crippen LogP contribution in [0.2, 0.25) is 0 Å². The predicted octanol–water partition coefficient (Wildman–Crippen LogP) is 1.73. The molecule has 0 aliphatic heterocycles. The fraction of sp³-hybridized carbons (Fsp3) is 0.250. The van der Waals surface area contributed by atoms with Gasteiger partial charge in [-0.3, -0.25) is 0 Å². The number of nitrogens with zero attached hydrogens (tertiary/aromatic N) is 1. The molecule has 4 nitrogen and oxygen atoms in total. The second-order valence-electron chi connectivity index (χ2n) is 2.22. The van der Waals surface area contributed by atoms with Gasteiger partial charge in [0.05, 0.1) is 6.61 Å². The standard InChI is InChI=1S/C8H8BrNO3/c1-2-13-8(12)5-3-4-10-7(9)6(5)11/h3-4,11H,2H2,1H3. The molecule has 1 aromatic rings. The summed E-state index contributed by atoms with van der Waals surface area (Å²) in [5, 5.41) is 9.38. The first-order valence-electron chi connectivity index (χ1n) is 3.67. The number of ether oxygens (including phenoxy) is 1. The molecule has 0 radical (unpaired) electrons. The number of esters is 1. The number of halogens is 1. The zero-order valence-corrected chi connectivity index (χ0v) is 8.54. The van der Waals surface area contributed by atoms with Gasteiger partial charge in [0.1, 0.15) is 10.2 Å². The highest BCUT2D eigenvalue weighted by Gasteiger charge is 2.14. The molecule has 0 bridgehead atoms. The van der Waals surface area contributed by atoms with E-state index >= 15 is 0 Å². The third kappa shape index (κ3) is 2.18. The number of carbonyl (C=O) groups excluding carboxylic acids is 1. The molecule has 0 saturated carbocycles. The lowest BCUT2D eigenvalue weighted by atomic mass is 10.2. The third-order valence-electron chi connectivity index (χ3n) is 1.37. The monoisotopic (exact) mass is 245 g/mol. The van der Waals surface area contributed by atoms with Crippen molar-refractivity contribution in [1.29, 1.82) is 0 Å². The molecule has 0 aliphatic rings. The summed E-state index contributed by atoms with van der Waals surface area (Å²) >= 11 is 3.00. The Morgan fingerprint density at radius 1 is 1.77 bits per heavy atom. The van der Waals surface area contributed by atoms with Crippen molar-refractivity contribution in [2.45, 2.75) is 6.92 Å². The van der Waals surface area contributed by atoms with E-state index in [0.717, 1.165) is 0 Å². The van der Waals surface area contributed by atoms with E-state index in [1.54, 1.807) is 6.92 Å². The lowest BCUT2D eigenvalue weighted by Crippen LogP contribution is -2.05. The van der Waals surface area contributed by atoms with Gasteiger partial charge < -0.3 is 9.84 Å². The zero-order chi connectivity index (χ0) is 9.84. The van der Waals surface area contributed by atoms with Gasteiger partial charge in [-0.05, 0) is 28.9 Å². The Bertz CT molecular complexity index is 327. The van der Waals surface area contributed by atoms with Crippen LogP contribution in [0.5, 0.6) is 5.75 Å². The highest BCUT2D eigenvalue weighted by atomic mass is 79.9. The van der Waals surface area contributed by atoms with Gasteiger partial charge >= 0.3 is 5.97 Å². The van der Waals surface area contributed by atoms with E-state index in [1.807, 2.05) is 0 Å². The van der Waals surface area contributed by atoms with Crippen LogP contribution in [0.4, 0.5) is 0 Å². The Balaban J connectivity index is 3.01. The third-order valence-corrected chi connectivity index (χ3v) is 1.96. The van der Waals surface area contributed by atoms with Crippen molar-refractivity contribution >= 4 is 21.9 Å². The number of aromatic hydroxyl groups is 1. The molecule has 13 heavy (non-hydrogen) atoms. The maximum absolute atomic E-state index is 11.2. The molecular formula is C8H8BrNO3. The van der Waals surface area contributed by atoms with Gasteiger partial charge in [0, 0.05) is 6.20 Å². The number of hydrogen-bond donors (Lipinski definition) is 1. The van der Waals surface area contributed by atoms with Crippen LogP contribution >= 0.6 is 15.9 Å². The summed E-state index contributed by atoms with van der Waals surface area (Å²) < 4.78 is 4.95. The second-order valence-corrected chi connectivity index (χ2v) is 2.97. The van der Waals surface area contributed by atoms with Crippen LogP contribution < -0.4 is 0 Å². The fourth-order valence-corrected chi connectivity index (χ4v) is 1.13. The smallest absolute Gasteiger partial charge is 0.342 e. The number of carbonyl (C=O) groups is 1. The van der Waals surface area contributed by atoms with Crippen LogP contribution in [0.25, 0.3) is 0 Å². The molecule has 1 N–H and O–H groups in total. The molecule has 0 fully saturated rings. The summed E-state index contributed by atoms with van der Waals surface area (Å²) in [6, 6.07) is 1.40. The first kappa shape index (κ1) is 9.98. The topological polar surface area (TPSA) is 59.4 Å². The van der Waals surface area contributed by atoms with Crippen LogP contribution in [0.15, 0.2) is 16.9 Å². The zero-order valence-electron chi connectivity index (χ0n) is 6.95. The largest absolute Gasteiger partial charge is 0.504 e. The van der Waals surface area contributed by atoms with E-state index in [-0.39, 0.29) is 22.5 Å². The number of pyridine rings is 1. The maximum Gasteiger partial charge on any atom is 0.342 e. The summed E-state index contributed by atoms with van der Waals surface area (Å²) in [6.07, 6.45) is 1.41. The molecule has 0 spiro atoms. The lowest BCUT2D eigenvalue weighted by Gasteiger charge is -2.03. The molecule has 1 heterocycles. The Morgan fingerprint density at radius 3 is 3.08 bits per heavy atom. The lowest BCUT2D eigenvalue weighted by molar-refractivity contribution is 0.0522. The number of hydrogen-bond acceptors (Lipinski definition) is 4. The van der Waals surface area contributed by atoms with Gasteiger partial charge in [0.25, 0.3) is 0 Å². The quantitative estimate of drug-likeness (QED) is 0.637. The van der Waals surface area contributed by atoms with Crippen LogP contribution in [0.3, 0.4) is 0 Å². The first-order valence-corrected chi connectivity index (χ1v) is 4.46. The average Bonchev–Trinajstić information content (AvgIpc) is 2.10. The van der Waals surface area contributed by atoms with Crippen LogP contribution in [0.1, 0.15) is 17.3 Å². The molecule has 0 aliphatic carbocycles. The van der Waals surface area contributed by atoms with Crippen LogP contribution in [-0.4, -0.2) is 22.7 Å². The summed E-state index contributed by atoms with van der Waals surface area (Å²) in [4.78, 5) is 14.9.